The van der Waals surface area contributed by atoms with Crippen LogP contribution in [0.4, 0.5) is 5.69 Å². The van der Waals surface area contributed by atoms with Crippen LogP contribution in [0.15, 0.2) is 12.5 Å². The topological polar surface area (TPSA) is 104 Å². The number of nitrogen functional groups attached to an aromatic ring is 1. The highest BCUT2D eigenvalue weighted by atomic mass is 16.2. The van der Waals surface area contributed by atoms with Crippen LogP contribution < -0.4 is 11.1 Å². The number of carbonyl (C=O) groups is 1. The Morgan fingerprint density at radius 3 is 2.94 bits per heavy atom. The largest absolute Gasteiger partial charge is 0.396 e. The molecule has 18 heavy (non-hydrogen) atoms. The SMILES string of the molecule is CCn1ncc(N)c1C(=O)NCc1ncn(C)n1. The van der Waals surface area contributed by atoms with Crippen LogP contribution in [-0.2, 0) is 20.1 Å². The first-order chi connectivity index (χ1) is 8.61. The van der Waals surface area contributed by atoms with Gasteiger partial charge in [0.05, 0.1) is 18.4 Å². The van der Waals surface area contributed by atoms with E-state index < -0.39 is 0 Å². The fourth-order valence-corrected chi connectivity index (χ4v) is 1.60. The van der Waals surface area contributed by atoms with E-state index in [0.29, 0.717) is 23.8 Å². The number of nitrogens with two attached hydrogens (primary N) is 1. The van der Waals surface area contributed by atoms with Gasteiger partial charge in [-0.1, -0.05) is 0 Å². The zero-order valence-corrected chi connectivity index (χ0v) is 10.3. The van der Waals surface area contributed by atoms with Crippen molar-refractivity contribution in [3.63, 3.8) is 0 Å². The molecule has 1 amide bonds. The molecule has 0 aliphatic heterocycles. The summed E-state index contributed by atoms with van der Waals surface area (Å²) in [5.74, 6) is 0.270. The van der Waals surface area contributed by atoms with E-state index in [1.165, 1.54) is 6.20 Å². The van der Waals surface area contributed by atoms with E-state index in [0.717, 1.165) is 0 Å². The van der Waals surface area contributed by atoms with Crippen LogP contribution in [0.1, 0.15) is 23.2 Å². The van der Waals surface area contributed by atoms with Crippen LogP contribution in [0.5, 0.6) is 0 Å². The smallest absolute Gasteiger partial charge is 0.272 e. The fraction of sp³-hybridized carbons (Fsp3) is 0.400. The van der Waals surface area contributed by atoms with Gasteiger partial charge in [-0.05, 0) is 6.92 Å². The standard InChI is InChI=1S/C10H15N7O/c1-3-17-9(7(11)4-14-17)10(18)12-5-8-13-6-16(2)15-8/h4,6H,3,5,11H2,1-2H3,(H,12,18). The van der Waals surface area contributed by atoms with Crippen molar-refractivity contribution in [3.05, 3.63) is 24.0 Å². The lowest BCUT2D eigenvalue weighted by Crippen LogP contribution is -2.27. The number of nitrogens with one attached hydrogen (secondary N) is 1. The summed E-state index contributed by atoms with van der Waals surface area (Å²) in [6.45, 7) is 2.74. The Bertz CT molecular complexity index is 556. The lowest BCUT2D eigenvalue weighted by atomic mass is 10.3. The number of nitrogens with zero attached hydrogens (tertiary/aromatic N) is 5. The minimum atomic E-state index is -0.278. The first-order valence-corrected chi connectivity index (χ1v) is 5.55. The van der Waals surface area contributed by atoms with Crippen molar-refractivity contribution in [1.29, 1.82) is 0 Å². The van der Waals surface area contributed by atoms with Gasteiger partial charge >= 0.3 is 0 Å². The molecule has 2 aromatic rings. The van der Waals surface area contributed by atoms with E-state index in [2.05, 4.69) is 20.5 Å². The average molecular weight is 249 g/mol. The Balaban J connectivity index is 2.05. The van der Waals surface area contributed by atoms with Gasteiger partial charge in [0, 0.05) is 13.6 Å². The third-order valence-electron chi connectivity index (χ3n) is 2.44. The van der Waals surface area contributed by atoms with E-state index in [1.54, 1.807) is 22.7 Å². The van der Waals surface area contributed by atoms with Crippen molar-refractivity contribution in [2.24, 2.45) is 7.05 Å². The normalized spacial score (nSPS) is 10.6. The molecule has 0 aliphatic carbocycles. The van der Waals surface area contributed by atoms with Gasteiger partial charge < -0.3 is 11.1 Å². The predicted octanol–water partition coefficient (Wildman–Crippen LogP) is -0.456. The lowest BCUT2D eigenvalue weighted by molar-refractivity contribution is 0.0940. The summed E-state index contributed by atoms with van der Waals surface area (Å²) in [6, 6.07) is 0. The Kier molecular flexibility index (Phi) is 3.26. The van der Waals surface area contributed by atoms with Crippen molar-refractivity contribution in [2.75, 3.05) is 5.73 Å². The second-order valence-electron chi connectivity index (χ2n) is 3.78. The lowest BCUT2D eigenvalue weighted by Gasteiger charge is -2.05. The van der Waals surface area contributed by atoms with E-state index in [9.17, 15) is 4.79 Å². The van der Waals surface area contributed by atoms with Crippen molar-refractivity contribution < 1.29 is 4.79 Å². The molecule has 8 heteroatoms. The van der Waals surface area contributed by atoms with Crippen molar-refractivity contribution in [1.82, 2.24) is 29.9 Å². The third kappa shape index (κ3) is 2.31. The summed E-state index contributed by atoms with van der Waals surface area (Å²) in [7, 11) is 1.77. The highest BCUT2D eigenvalue weighted by molar-refractivity contribution is 5.97. The molecule has 0 aromatic carbocycles. The van der Waals surface area contributed by atoms with Crippen LogP contribution in [-0.4, -0.2) is 30.5 Å². The molecular weight excluding hydrogens is 234 g/mol. The maximum Gasteiger partial charge on any atom is 0.272 e. The Hall–Kier alpha value is -2.38. The van der Waals surface area contributed by atoms with Crippen molar-refractivity contribution >= 4 is 11.6 Å². The maximum absolute atomic E-state index is 12.0. The van der Waals surface area contributed by atoms with Gasteiger partial charge in [0.1, 0.15) is 12.0 Å². The number of anilines is 1. The van der Waals surface area contributed by atoms with Gasteiger partial charge in [-0.15, -0.1) is 0 Å². The zero-order chi connectivity index (χ0) is 13.1. The third-order valence-corrected chi connectivity index (χ3v) is 2.44. The molecule has 0 aliphatic rings. The zero-order valence-electron chi connectivity index (χ0n) is 10.3. The van der Waals surface area contributed by atoms with Gasteiger partial charge in [-0.3, -0.25) is 14.2 Å². The molecule has 3 N–H and O–H groups in total. The molecule has 0 saturated heterocycles. The number of aryl methyl sites for hydroxylation is 2. The summed E-state index contributed by atoms with van der Waals surface area (Å²) in [5, 5.41) is 10.8. The minimum absolute atomic E-state index is 0.258. The van der Waals surface area contributed by atoms with Gasteiger partial charge in [0.2, 0.25) is 0 Å². The number of hydrogen-bond donors (Lipinski definition) is 2. The van der Waals surface area contributed by atoms with Gasteiger partial charge in [-0.2, -0.15) is 10.2 Å². The fourth-order valence-electron chi connectivity index (χ4n) is 1.60. The van der Waals surface area contributed by atoms with E-state index in [1.807, 2.05) is 6.92 Å². The predicted molar refractivity (Wildman–Crippen MR) is 64.5 cm³/mol. The summed E-state index contributed by atoms with van der Waals surface area (Å²) >= 11 is 0. The van der Waals surface area contributed by atoms with Gasteiger partial charge in [0.25, 0.3) is 5.91 Å². The van der Waals surface area contributed by atoms with Crippen LogP contribution in [0, 0.1) is 0 Å². The molecule has 96 valence electrons. The van der Waals surface area contributed by atoms with E-state index in [4.69, 9.17) is 5.73 Å². The quantitative estimate of drug-likeness (QED) is 0.763. The highest BCUT2D eigenvalue weighted by Crippen LogP contribution is 2.10. The van der Waals surface area contributed by atoms with E-state index in [-0.39, 0.29) is 12.5 Å². The van der Waals surface area contributed by atoms with Gasteiger partial charge in [0.15, 0.2) is 5.82 Å². The number of carbonyl (C=O) groups excluding carboxylic acids is 1. The molecule has 0 saturated carbocycles. The Morgan fingerprint density at radius 2 is 2.33 bits per heavy atom. The van der Waals surface area contributed by atoms with Crippen LogP contribution >= 0.6 is 0 Å². The molecule has 0 unspecified atom stereocenters. The number of rotatable bonds is 4. The number of aromatic nitrogens is 5. The summed E-state index contributed by atoms with van der Waals surface area (Å²) in [6.07, 6.45) is 3.05. The average Bonchev–Trinajstić information content (AvgIpc) is 2.92. The Morgan fingerprint density at radius 1 is 1.56 bits per heavy atom. The number of amides is 1. The molecule has 2 rings (SSSR count). The molecule has 0 bridgehead atoms. The monoisotopic (exact) mass is 249 g/mol. The maximum atomic E-state index is 12.0. The van der Waals surface area contributed by atoms with Crippen LogP contribution in [0.2, 0.25) is 0 Å². The highest BCUT2D eigenvalue weighted by Gasteiger charge is 2.16. The summed E-state index contributed by atoms with van der Waals surface area (Å²) in [5.41, 5.74) is 6.44. The molecule has 2 aromatic heterocycles. The summed E-state index contributed by atoms with van der Waals surface area (Å²) in [4.78, 5) is 16.0. The molecular formula is C10H15N7O. The first kappa shape index (κ1) is 12.1. The molecule has 2 heterocycles. The molecule has 0 spiro atoms. The Labute approximate surface area is 104 Å². The second kappa shape index (κ2) is 4.86. The van der Waals surface area contributed by atoms with Crippen LogP contribution in [0.25, 0.3) is 0 Å². The first-order valence-electron chi connectivity index (χ1n) is 5.55. The van der Waals surface area contributed by atoms with Crippen molar-refractivity contribution in [3.8, 4) is 0 Å². The molecule has 0 fully saturated rings. The van der Waals surface area contributed by atoms with Crippen molar-refractivity contribution in [2.45, 2.75) is 20.0 Å². The second-order valence-corrected chi connectivity index (χ2v) is 3.78. The molecule has 8 nitrogen and oxygen atoms in total. The van der Waals surface area contributed by atoms with E-state index >= 15 is 0 Å². The summed E-state index contributed by atoms with van der Waals surface area (Å²) < 4.78 is 3.13. The minimum Gasteiger partial charge on any atom is -0.396 e. The van der Waals surface area contributed by atoms with Gasteiger partial charge in [-0.25, -0.2) is 4.98 Å². The number of hydrogen-bond acceptors (Lipinski definition) is 5. The molecule has 0 radical (unpaired) electrons. The van der Waals surface area contributed by atoms with Crippen LogP contribution in [0.3, 0.4) is 0 Å². The molecule has 0 atom stereocenters.